The van der Waals surface area contributed by atoms with Crippen LogP contribution in [0.4, 0.5) is 6.01 Å². The van der Waals surface area contributed by atoms with Crippen LogP contribution in [0, 0.1) is 0 Å². The zero-order valence-corrected chi connectivity index (χ0v) is 10.1. The van der Waals surface area contributed by atoms with E-state index in [1.807, 2.05) is 23.5 Å². The smallest absolute Gasteiger partial charge is 0.314 e. The molecule has 1 saturated heterocycles. The van der Waals surface area contributed by atoms with Gasteiger partial charge in [-0.1, -0.05) is 12.1 Å². The largest absolute Gasteiger partial charge is 0.335 e. The Labute approximate surface area is 96.9 Å². The van der Waals surface area contributed by atoms with E-state index < -0.39 is 0 Å². The third kappa shape index (κ3) is 2.40. The van der Waals surface area contributed by atoms with Crippen LogP contribution in [-0.4, -0.2) is 26.9 Å². The molecule has 0 radical (unpaired) electrons. The highest BCUT2D eigenvalue weighted by Crippen LogP contribution is 2.42. The van der Waals surface area contributed by atoms with Crippen molar-refractivity contribution in [1.29, 1.82) is 0 Å². The number of hydrogen-bond acceptors (Lipinski definition) is 7. The minimum absolute atomic E-state index is 0.288. The van der Waals surface area contributed by atoms with Gasteiger partial charge in [-0.2, -0.15) is 16.7 Å². The highest BCUT2D eigenvalue weighted by atomic mass is 32.2. The molecule has 15 heavy (non-hydrogen) atoms. The fraction of sp³-hybridized carbons (Fsp3) is 0.750. The third-order valence-corrected chi connectivity index (χ3v) is 5.51. The molecule has 0 saturated carbocycles. The number of nitrogen functional groups attached to an aromatic ring is 1. The van der Waals surface area contributed by atoms with Gasteiger partial charge in [-0.3, -0.25) is 5.43 Å². The molecule has 5 nitrogen and oxygen atoms in total. The van der Waals surface area contributed by atoms with E-state index in [1.165, 1.54) is 5.75 Å². The van der Waals surface area contributed by atoms with Crippen molar-refractivity contribution in [2.75, 3.05) is 16.9 Å². The van der Waals surface area contributed by atoms with E-state index in [4.69, 9.17) is 10.4 Å². The molecular weight excluding hydrogens is 232 g/mol. The zero-order valence-electron chi connectivity index (χ0n) is 8.47. The molecule has 0 amide bonds. The molecule has 0 aliphatic carbocycles. The van der Waals surface area contributed by atoms with Gasteiger partial charge in [0.15, 0.2) is 5.82 Å². The van der Waals surface area contributed by atoms with Gasteiger partial charge >= 0.3 is 6.01 Å². The molecule has 1 aliphatic heterocycles. The molecular formula is C8H14N4OS2. The number of rotatable bonds is 3. The molecule has 1 aliphatic rings. The van der Waals surface area contributed by atoms with Crippen molar-refractivity contribution in [2.45, 2.75) is 23.8 Å². The minimum Gasteiger partial charge on any atom is -0.314 e. The van der Waals surface area contributed by atoms with Gasteiger partial charge in [-0.15, -0.1) is 11.8 Å². The summed E-state index contributed by atoms with van der Waals surface area (Å²) in [5, 5.41) is 4.85. The van der Waals surface area contributed by atoms with E-state index in [1.54, 1.807) is 0 Å². The van der Waals surface area contributed by atoms with Crippen LogP contribution in [0.5, 0.6) is 0 Å². The van der Waals surface area contributed by atoms with E-state index >= 15 is 0 Å². The Morgan fingerprint density at radius 3 is 3.00 bits per heavy atom. The number of hydrazine groups is 1. The van der Waals surface area contributed by atoms with Crippen LogP contribution in [0.2, 0.25) is 0 Å². The van der Waals surface area contributed by atoms with E-state index in [-0.39, 0.29) is 6.01 Å². The van der Waals surface area contributed by atoms with Gasteiger partial charge in [0.1, 0.15) is 0 Å². The number of hydrogen-bond donors (Lipinski definition) is 2. The first-order chi connectivity index (χ1) is 7.35. The van der Waals surface area contributed by atoms with Crippen molar-refractivity contribution in [3.63, 3.8) is 0 Å². The first kappa shape index (κ1) is 11.1. The summed E-state index contributed by atoms with van der Waals surface area (Å²) in [4.78, 5) is 4.20. The first-order valence-corrected chi connectivity index (χ1v) is 6.98. The van der Waals surface area contributed by atoms with Gasteiger partial charge in [0.05, 0.1) is 5.25 Å². The Morgan fingerprint density at radius 1 is 1.53 bits per heavy atom. The second-order valence-corrected chi connectivity index (χ2v) is 5.81. The molecule has 2 rings (SSSR count). The number of thioether (sulfide) groups is 2. The van der Waals surface area contributed by atoms with Crippen LogP contribution in [0.15, 0.2) is 4.52 Å². The predicted molar refractivity (Wildman–Crippen MR) is 63.8 cm³/mol. The molecule has 2 unspecified atom stereocenters. The van der Waals surface area contributed by atoms with Crippen molar-refractivity contribution in [3.05, 3.63) is 5.82 Å². The van der Waals surface area contributed by atoms with E-state index in [0.29, 0.717) is 10.5 Å². The molecule has 0 aromatic carbocycles. The fourth-order valence-corrected chi connectivity index (χ4v) is 4.53. The maximum atomic E-state index is 5.20. The Kier molecular flexibility index (Phi) is 3.76. The van der Waals surface area contributed by atoms with Crippen LogP contribution in [-0.2, 0) is 0 Å². The van der Waals surface area contributed by atoms with Crippen molar-refractivity contribution in [2.24, 2.45) is 5.84 Å². The number of anilines is 1. The minimum atomic E-state index is 0.288. The summed E-state index contributed by atoms with van der Waals surface area (Å²) in [6, 6.07) is 0.288. The lowest BCUT2D eigenvalue weighted by Crippen LogP contribution is -2.19. The molecule has 7 heteroatoms. The number of nitrogens with zero attached hydrogens (tertiary/aromatic N) is 2. The lowest BCUT2D eigenvalue weighted by atomic mass is 10.2. The van der Waals surface area contributed by atoms with Crippen molar-refractivity contribution in [3.8, 4) is 0 Å². The highest BCUT2D eigenvalue weighted by molar-refractivity contribution is 8.06. The highest BCUT2D eigenvalue weighted by Gasteiger charge is 2.30. The predicted octanol–water partition coefficient (Wildman–Crippen LogP) is 1.65. The number of nitrogens with two attached hydrogens (primary N) is 1. The summed E-state index contributed by atoms with van der Waals surface area (Å²) in [6.45, 7) is 2.19. The Bertz CT molecular complexity index is 319. The molecule has 3 N–H and O–H groups in total. The third-order valence-electron chi connectivity index (χ3n) is 2.27. The Hall–Kier alpha value is -0.400. The first-order valence-electron chi connectivity index (χ1n) is 4.88. The average molecular weight is 246 g/mol. The summed E-state index contributed by atoms with van der Waals surface area (Å²) in [6.07, 6.45) is 1.13. The van der Waals surface area contributed by atoms with Crippen molar-refractivity contribution in [1.82, 2.24) is 10.1 Å². The maximum Gasteiger partial charge on any atom is 0.335 e. The molecule has 2 heterocycles. The second kappa shape index (κ2) is 5.09. The lowest BCUT2D eigenvalue weighted by Gasteiger charge is -2.27. The maximum absolute atomic E-state index is 5.20. The zero-order chi connectivity index (χ0) is 10.7. The van der Waals surface area contributed by atoms with E-state index in [0.717, 1.165) is 18.0 Å². The molecule has 84 valence electrons. The van der Waals surface area contributed by atoms with Crippen LogP contribution < -0.4 is 11.3 Å². The second-order valence-electron chi connectivity index (χ2n) is 3.21. The topological polar surface area (TPSA) is 77.0 Å². The van der Waals surface area contributed by atoms with Gasteiger partial charge in [-0.05, 0) is 6.42 Å². The summed E-state index contributed by atoms with van der Waals surface area (Å²) < 4.78 is 4.94. The normalized spacial score (nSPS) is 26.5. The molecule has 0 spiro atoms. The van der Waals surface area contributed by atoms with Gasteiger partial charge < -0.3 is 4.52 Å². The summed E-state index contributed by atoms with van der Waals surface area (Å²) in [5.41, 5.74) is 2.36. The Balaban J connectivity index is 2.12. The number of aromatic nitrogens is 2. The van der Waals surface area contributed by atoms with Crippen LogP contribution in [0.25, 0.3) is 0 Å². The molecule has 0 bridgehead atoms. The van der Waals surface area contributed by atoms with Crippen molar-refractivity contribution >= 4 is 29.5 Å². The van der Waals surface area contributed by atoms with Gasteiger partial charge in [0, 0.05) is 16.8 Å². The van der Waals surface area contributed by atoms with E-state index in [2.05, 4.69) is 22.5 Å². The van der Waals surface area contributed by atoms with Crippen LogP contribution >= 0.6 is 23.5 Å². The molecule has 1 fully saturated rings. The fourth-order valence-electron chi connectivity index (χ4n) is 1.55. The standard InChI is InChI=1S/C8H14N4OS2/c1-2-5-6(15-4-3-14-5)7-10-8(11-9)13-12-7/h5-6H,2-4,9H2,1H3,(H,10,11,12). The summed E-state index contributed by atoms with van der Waals surface area (Å²) >= 11 is 3.89. The Morgan fingerprint density at radius 2 is 2.33 bits per heavy atom. The monoisotopic (exact) mass is 246 g/mol. The van der Waals surface area contributed by atoms with Crippen LogP contribution in [0.3, 0.4) is 0 Å². The lowest BCUT2D eigenvalue weighted by molar-refractivity contribution is 0.421. The average Bonchev–Trinajstić information content (AvgIpc) is 2.77. The van der Waals surface area contributed by atoms with Gasteiger partial charge in [0.25, 0.3) is 0 Å². The SMILES string of the molecule is CCC1SCCSC1c1noc(NN)n1. The van der Waals surface area contributed by atoms with Crippen molar-refractivity contribution < 1.29 is 4.52 Å². The molecule has 1 aromatic heterocycles. The molecule has 1 aromatic rings. The quantitative estimate of drug-likeness (QED) is 0.620. The van der Waals surface area contributed by atoms with Crippen LogP contribution in [0.1, 0.15) is 24.4 Å². The summed E-state index contributed by atoms with van der Waals surface area (Å²) in [5.74, 6) is 8.31. The summed E-state index contributed by atoms with van der Waals surface area (Å²) in [7, 11) is 0. The van der Waals surface area contributed by atoms with E-state index in [9.17, 15) is 0 Å². The van der Waals surface area contributed by atoms with Gasteiger partial charge in [0.2, 0.25) is 0 Å². The van der Waals surface area contributed by atoms with Gasteiger partial charge in [-0.25, -0.2) is 5.84 Å². The molecule has 2 atom stereocenters. The number of nitrogens with one attached hydrogen (secondary N) is 1.